The van der Waals surface area contributed by atoms with Crippen molar-refractivity contribution >= 4 is 12.2 Å². The maximum atomic E-state index is 13.2. The summed E-state index contributed by atoms with van der Waals surface area (Å²) >= 11 is 5.35. The average Bonchev–Trinajstić information content (AvgIpc) is 2.38. The van der Waals surface area contributed by atoms with E-state index in [0.717, 1.165) is 47.7 Å². The fraction of sp³-hybridized carbons (Fsp3) is 0.286. The van der Waals surface area contributed by atoms with Crippen molar-refractivity contribution in [2.24, 2.45) is 0 Å². The Balaban J connectivity index is 2.15. The number of H-pyrrole nitrogens is 1. The summed E-state index contributed by atoms with van der Waals surface area (Å²) in [5.74, 6) is 0.491. The predicted octanol–water partition coefficient (Wildman–Crippen LogP) is 2.90. The first-order valence-corrected chi connectivity index (χ1v) is 6.65. The average molecular weight is 275 g/mol. The third kappa shape index (κ3) is 2.31. The first kappa shape index (κ1) is 12.4. The van der Waals surface area contributed by atoms with Gasteiger partial charge in [-0.3, -0.25) is 0 Å². The first-order chi connectivity index (χ1) is 9.15. The number of halogens is 1. The maximum Gasteiger partial charge on any atom is 0.139 e. The van der Waals surface area contributed by atoms with Crippen LogP contribution in [-0.2, 0) is 13.0 Å². The number of benzene rings is 1. The number of aromatic amines is 1. The van der Waals surface area contributed by atoms with E-state index in [1.807, 2.05) is 6.92 Å². The monoisotopic (exact) mass is 275 g/mol. The van der Waals surface area contributed by atoms with E-state index in [1.165, 1.54) is 12.1 Å². The molecule has 98 valence electrons. The summed E-state index contributed by atoms with van der Waals surface area (Å²) < 4.78 is 13.8. The quantitative estimate of drug-likeness (QED) is 0.786. The van der Waals surface area contributed by atoms with Crippen molar-refractivity contribution < 1.29 is 4.39 Å². The predicted molar refractivity (Wildman–Crippen MR) is 75.0 cm³/mol. The topological polar surface area (TPSA) is 40.7 Å². The molecular weight excluding hydrogens is 261 g/mol. The molecule has 0 bridgehead atoms. The molecule has 2 heterocycles. The maximum absolute atomic E-state index is 13.2. The SMILES string of the molecule is Cc1cc(F)ccc1-c1nc(=S)c2c([nH]1)CCNC2. The van der Waals surface area contributed by atoms with Gasteiger partial charge in [0.2, 0.25) is 0 Å². The van der Waals surface area contributed by atoms with Crippen LogP contribution in [0.3, 0.4) is 0 Å². The van der Waals surface area contributed by atoms with E-state index in [1.54, 1.807) is 6.07 Å². The van der Waals surface area contributed by atoms with Crippen LogP contribution in [0, 0.1) is 17.4 Å². The lowest BCUT2D eigenvalue weighted by Gasteiger charge is -2.18. The van der Waals surface area contributed by atoms with E-state index in [-0.39, 0.29) is 5.82 Å². The molecule has 2 aromatic rings. The summed E-state index contributed by atoms with van der Waals surface area (Å²) in [6.45, 7) is 3.57. The molecule has 1 aliphatic heterocycles. The number of aromatic nitrogens is 2. The second kappa shape index (κ2) is 4.83. The number of hydrogen-bond acceptors (Lipinski definition) is 3. The Labute approximate surface area is 115 Å². The van der Waals surface area contributed by atoms with Gasteiger partial charge in [0.15, 0.2) is 0 Å². The molecule has 2 N–H and O–H groups in total. The Morgan fingerprint density at radius 1 is 1.37 bits per heavy atom. The lowest BCUT2D eigenvalue weighted by Crippen LogP contribution is -2.25. The van der Waals surface area contributed by atoms with Crippen LogP contribution in [0.5, 0.6) is 0 Å². The van der Waals surface area contributed by atoms with Gasteiger partial charge in [-0.2, -0.15) is 0 Å². The van der Waals surface area contributed by atoms with Crippen molar-refractivity contribution in [2.75, 3.05) is 6.54 Å². The zero-order chi connectivity index (χ0) is 13.4. The van der Waals surface area contributed by atoms with Gasteiger partial charge in [-0.1, -0.05) is 12.2 Å². The highest BCUT2D eigenvalue weighted by Gasteiger charge is 2.14. The second-order valence-electron chi connectivity index (χ2n) is 4.73. The van der Waals surface area contributed by atoms with Gasteiger partial charge in [-0.15, -0.1) is 0 Å². The summed E-state index contributed by atoms with van der Waals surface area (Å²) in [7, 11) is 0. The fourth-order valence-corrected chi connectivity index (χ4v) is 2.67. The molecule has 0 unspecified atom stereocenters. The van der Waals surface area contributed by atoms with Gasteiger partial charge in [-0.25, -0.2) is 9.37 Å². The third-order valence-corrected chi connectivity index (χ3v) is 3.74. The molecule has 0 saturated heterocycles. The molecular formula is C14H14FN3S. The van der Waals surface area contributed by atoms with Crippen LogP contribution in [0.25, 0.3) is 11.4 Å². The Kier molecular flexibility index (Phi) is 3.16. The lowest BCUT2D eigenvalue weighted by molar-refractivity contribution is 0.623. The molecule has 0 saturated carbocycles. The molecule has 0 fully saturated rings. The van der Waals surface area contributed by atoms with Crippen LogP contribution >= 0.6 is 12.2 Å². The van der Waals surface area contributed by atoms with Gasteiger partial charge in [0.25, 0.3) is 0 Å². The second-order valence-corrected chi connectivity index (χ2v) is 5.12. The molecule has 0 spiro atoms. The molecule has 3 rings (SSSR count). The van der Waals surface area contributed by atoms with E-state index in [4.69, 9.17) is 12.2 Å². The molecule has 19 heavy (non-hydrogen) atoms. The molecule has 1 aromatic heterocycles. The Morgan fingerprint density at radius 3 is 3.00 bits per heavy atom. The van der Waals surface area contributed by atoms with E-state index >= 15 is 0 Å². The largest absolute Gasteiger partial charge is 0.343 e. The minimum absolute atomic E-state index is 0.234. The van der Waals surface area contributed by atoms with Crippen LogP contribution < -0.4 is 5.32 Å². The third-order valence-electron chi connectivity index (χ3n) is 3.40. The van der Waals surface area contributed by atoms with Gasteiger partial charge in [0, 0.05) is 36.3 Å². The Morgan fingerprint density at radius 2 is 2.21 bits per heavy atom. The van der Waals surface area contributed by atoms with Gasteiger partial charge in [0.1, 0.15) is 16.3 Å². The molecule has 0 atom stereocenters. The van der Waals surface area contributed by atoms with Gasteiger partial charge < -0.3 is 10.3 Å². The molecule has 1 aliphatic rings. The van der Waals surface area contributed by atoms with Crippen molar-refractivity contribution in [3.05, 3.63) is 45.5 Å². The lowest BCUT2D eigenvalue weighted by atomic mass is 10.1. The van der Waals surface area contributed by atoms with E-state index < -0.39 is 0 Å². The number of nitrogens with one attached hydrogen (secondary N) is 2. The van der Waals surface area contributed by atoms with Crippen molar-refractivity contribution in [1.82, 2.24) is 15.3 Å². The highest BCUT2D eigenvalue weighted by molar-refractivity contribution is 7.71. The summed E-state index contributed by atoms with van der Waals surface area (Å²) in [5, 5.41) is 3.28. The summed E-state index contributed by atoms with van der Waals surface area (Å²) in [6, 6.07) is 4.70. The Bertz CT molecular complexity index is 694. The standard InChI is InChI=1S/C14H14FN3S/c1-8-6-9(15)2-3-10(8)13-17-12-4-5-16-7-11(12)14(19)18-13/h2-3,6,16H,4-5,7H2,1H3,(H,17,18,19). The molecule has 0 aliphatic carbocycles. The van der Waals surface area contributed by atoms with Gasteiger partial charge in [-0.05, 0) is 30.7 Å². The van der Waals surface area contributed by atoms with E-state index in [9.17, 15) is 4.39 Å². The number of aryl methyl sites for hydroxylation is 1. The first-order valence-electron chi connectivity index (χ1n) is 6.24. The van der Waals surface area contributed by atoms with Crippen LogP contribution in [0.2, 0.25) is 0 Å². The zero-order valence-electron chi connectivity index (χ0n) is 10.6. The minimum Gasteiger partial charge on any atom is -0.343 e. The number of fused-ring (bicyclic) bond motifs is 1. The molecule has 5 heteroatoms. The van der Waals surface area contributed by atoms with Gasteiger partial charge >= 0.3 is 0 Å². The number of hydrogen-bond donors (Lipinski definition) is 2. The summed E-state index contributed by atoms with van der Waals surface area (Å²) in [4.78, 5) is 7.79. The van der Waals surface area contributed by atoms with E-state index in [2.05, 4.69) is 15.3 Å². The molecule has 1 aromatic carbocycles. The smallest absolute Gasteiger partial charge is 0.139 e. The zero-order valence-corrected chi connectivity index (χ0v) is 11.4. The normalized spacial score (nSPS) is 14.2. The van der Waals surface area contributed by atoms with Crippen molar-refractivity contribution in [3.63, 3.8) is 0 Å². The van der Waals surface area contributed by atoms with Crippen LogP contribution in [0.4, 0.5) is 4.39 Å². The van der Waals surface area contributed by atoms with Crippen molar-refractivity contribution in [3.8, 4) is 11.4 Å². The highest BCUT2D eigenvalue weighted by Crippen LogP contribution is 2.23. The van der Waals surface area contributed by atoms with E-state index in [0.29, 0.717) is 4.64 Å². The van der Waals surface area contributed by atoms with Crippen LogP contribution in [0.1, 0.15) is 16.8 Å². The Hall–Kier alpha value is -1.59. The van der Waals surface area contributed by atoms with Crippen molar-refractivity contribution in [2.45, 2.75) is 19.9 Å². The summed E-state index contributed by atoms with van der Waals surface area (Å²) in [6.07, 6.45) is 0.911. The molecule has 0 amide bonds. The minimum atomic E-state index is -0.234. The molecule has 0 radical (unpaired) electrons. The van der Waals surface area contributed by atoms with Crippen LogP contribution in [0.15, 0.2) is 18.2 Å². The van der Waals surface area contributed by atoms with Crippen molar-refractivity contribution in [1.29, 1.82) is 0 Å². The highest BCUT2D eigenvalue weighted by atomic mass is 32.1. The number of nitrogens with zero attached hydrogens (tertiary/aromatic N) is 1. The van der Waals surface area contributed by atoms with Crippen LogP contribution in [-0.4, -0.2) is 16.5 Å². The summed E-state index contributed by atoms with van der Waals surface area (Å²) in [5.41, 5.74) is 3.96. The number of rotatable bonds is 1. The van der Waals surface area contributed by atoms with Gasteiger partial charge in [0.05, 0.1) is 0 Å². The molecule has 3 nitrogen and oxygen atoms in total. The fourth-order valence-electron chi connectivity index (χ4n) is 2.39.